The highest BCUT2D eigenvalue weighted by Crippen LogP contribution is 2.32. The Morgan fingerprint density at radius 1 is 0.826 bits per heavy atom. The van der Waals surface area contributed by atoms with Crippen molar-refractivity contribution >= 4 is 12.4 Å². The first kappa shape index (κ1) is 18.0. The maximum atomic E-state index is 3.80. The van der Waals surface area contributed by atoms with Gasteiger partial charge in [-0.3, -0.25) is 0 Å². The van der Waals surface area contributed by atoms with Gasteiger partial charge in [-0.1, -0.05) is 92.8 Å². The van der Waals surface area contributed by atoms with Gasteiger partial charge in [0.1, 0.15) is 0 Å². The van der Waals surface area contributed by atoms with Gasteiger partial charge in [0.15, 0.2) is 0 Å². The summed E-state index contributed by atoms with van der Waals surface area (Å²) < 4.78 is 0. The molecule has 0 heterocycles. The third-order valence-electron chi connectivity index (χ3n) is 4.89. The quantitative estimate of drug-likeness (QED) is 0.694. The van der Waals surface area contributed by atoms with E-state index in [2.05, 4.69) is 66.0 Å². The highest BCUT2D eigenvalue weighted by atomic mass is 35.5. The van der Waals surface area contributed by atoms with Crippen LogP contribution in [0.4, 0.5) is 0 Å². The summed E-state index contributed by atoms with van der Waals surface area (Å²) in [5.41, 5.74) is 2.80. The fraction of sp³-hybridized carbons (Fsp3) is 0.429. The van der Waals surface area contributed by atoms with Gasteiger partial charge >= 0.3 is 0 Å². The molecule has 1 atom stereocenters. The molecule has 0 spiro atoms. The maximum Gasteiger partial charge on any atom is 0.0325 e. The van der Waals surface area contributed by atoms with E-state index < -0.39 is 0 Å². The van der Waals surface area contributed by atoms with Crippen LogP contribution in [0.5, 0.6) is 0 Å². The van der Waals surface area contributed by atoms with E-state index in [4.69, 9.17) is 0 Å². The number of benzene rings is 2. The van der Waals surface area contributed by atoms with Crippen LogP contribution in [-0.4, -0.2) is 0 Å². The first-order chi connectivity index (χ1) is 10.9. The summed E-state index contributed by atoms with van der Waals surface area (Å²) in [5, 5.41) is 3.80. The Morgan fingerprint density at radius 2 is 1.43 bits per heavy atom. The molecule has 1 aliphatic carbocycles. The van der Waals surface area contributed by atoms with Crippen LogP contribution in [0.25, 0.3) is 0 Å². The Kier molecular flexibility index (Phi) is 7.64. The van der Waals surface area contributed by atoms with Crippen molar-refractivity contribution in [3.05, 3.63) is 71.8 Å². The molecular weight excluding hydrogens is 302 g/mol. The molecule has 3 rings (SSSR count). The second-order valence-electron chi connectivity index (χ2n) is 6.57. The summed E-state index contributed by atoms with van der Waals surface area (Å²) in [5.74, 6) is 0.891. The van der Waals surface area contributed by atoms with Crippen LogP contribution >= 0.6 is 12.4 Å². The molecule has 1 aliphatic rings. The van der Waals surface area contributed by atoms with E-state index in [1.165, 1.54) is 49.7 Å². The molecule has 1 saturated carbocycles. The number of nitrogens with one attached hydrogen (secondary N) is 1. The van der Waals surface area contributed by atoms with Gasteiger partial charge in [0, 0.05) is 12.6 Å². The number of hydrogen-bond acceptors (Lipinski definition) is 1. The van der Waals surface area contributed by atoms with Crippen molar-refractivity contribution in [3.8, 4) is 0 Å². The molecule has 0 aromatic heterocycles. The highest BCUT2D eigenvalue weighted by molar-refractivity contribution is 5.85. The van der Waals surface area contributed by atoms with Crippen molar-refractivity contribution in [3.63, 3.8) is 0 Å². The van der Waals surface area contributed by atoms with Crippen LogP contribution in [0.1, 0.15) is 55.7 Å². The Morgan fingerprint density at radius 3 is 2.09 bits per heavy atom. The molecule has 1 N–H and O–H groups in total. The number of hydrogen-bond donors (Lipinski definition) is 1. The molecule has 0 saturated heterocycles. The van der Waals surface area contributed by atoms with Crippen LogP contribution in [0.3, 0.4) is 0 Å². The molecule has 0 bridgehead atoms. The third-order valence-corrected chi connectivity index (χ3v) is 4.89. The molecule has 0 amide bonds. The van der Waals surface area contributed by atoms with Crippen LogP contribution in [0.2, 0.25) is 0 Å². The molecule has 0 aliphatic heterocycles. The number of halogens is 1. The van der Waals surface area contributed by atoms with E-state index in [0.29, 0.717) is 6.04 Å². The van der Waals surface area contributed by atoms with Gasteiger partial charge in [0.25, 0.3) is 0 Å². The molecular formula is C21H28ClN. The molecule has 124 valence electrons. The fourth-order valence-corrected chi connectivity index (χ4v) is 3.62. The summed E-state index contributed by atoms with van der Waals surface area (Å²) in [7, 11) is 0. The van der Waals surface area contributed by atoms with Crippen molar-refractivity contribution in [2.45, 2.75) is 51.1 Å². The summed E-state index contributed by atoms with van der Waals surface area (Å²) in [4.78, 5) is 0. The van der Waals surface area contributed by atoms with Gasteiger partial charge < -0.3 is 5.32 Å². The van der Waals surface area contributed by atoms with Crippen LogP contribution in [0, 0.1) is 5.92 Å². The second kappa shape index (κ2) is 9.75. The van der Waals surface area contributed by atoms with Crippen LogP contribution < -0.4 is 5.32 Å². The smallest absolute Gasteiger partial charge is 0.0325 e. The summed E-state index contributed by atoms with van der Waals surface area (Å²) in [6.45, 7) is 0.952. The lowest BCUT2D eigenvalue weighted by Crippen LogP contribution is -2.24. The third kappa shape index (κ3) is 5.67. The fourth-order valence-electron chi connectivity index (χ4n) is 3.62. The topological polar surface area (TPSA) is 12.0 Å². The second-order valence-corrected chi connectivity index (χ2v) is 6.57. The van der Waals surface area contributed by atoms with Crippen molar-refractivity contribution < 1.29 is 0 Å². The lowest BCUT2D eigenvalue weighted by Gasteiger charge is -2.27. The SMILES string of the molecule is Cl.c1ccc(CNC(CC2CCCCC2)c2ccccc2)cc1. The summed E-state index contributed by atoms with van der Waals surface area (Å²) in [6.07, 6.45) is 8.38. The molecule has 1 nitrogen and oxygen atoms in total. The minimum Gasteiger partial charge on any atom is -0.306 e. The molecule has 1 unspecified atom stereocenters. The highest BCUT2D eigenvalue weighted by Gasteiger charge is 2.19. The molecule has 1 fully saturated rings. The average molecular weight is 330 g/mol. The van der Waals surface area contributed by atoms with Gasteiger partial charge in [0.2, 0.25) is 0 Å². The zero-order valence-electron chi connectivity index (χ0n) is 13.8. The Bertz CT molecular complexity index is 534. The van der Waals surface area contributed by atoms with Crippen molar-refractivity contribution in [1.29, 1.82) is 0 Å². The van der Waals surface area contributed by atoms with Crippen molar-refractivity contribution in [2.75, 3.05) is 0 Å². The molecule has 2 aromatic carbocycles. The lowest BCUT2D eigenvalue weighted by molar-refractivity contribution is 0.299. The Hall–Kier alpha value is -1.31. The van der Waals surface area contributed by atoms with Gasteiger partial charge in [-0.05, 0) is 23.5 Å². The largest absolute Gasteiger partial charge is 0.306 e. The molecule has 2 aromatic rings. The molecule has 2 heteroatoms. The predicted molar refractivity (Wildman–Crippen MR) is 101 cm³/mol. The Labute approximate surface area is 146 Å². The summed E-state index contributed by atoms with van der Waals surface area (Å²) in [6, 6.07) is 22.2. The lowest BCUT2D eigenvalue weighted by atomic mass is 9.83. The first-order valence-electron chi connectivity index (χ1n) is 8.74. The number of rotatable bonds is 6. The van der Waals surface area contributed by atoms with E-state index in [9.17, 15) is 0 Å². The zero-order valence-corrected chi connectivity index (χ0v) is 14.6. The minimum atomic E-state index is 0. The normalized spacial score (nSPS) is 16.5. The van der Waals surface area contributed by atoms with Gasteiger partial charge in [-0.15, -0.1) is 12.4 Å². The zero-order chi connectivity index (χ0) is 15.0. The van der Waals surface area contributed by atoms with E-state index >= 15 is 0 Å². The minimum absolute atomic E-state index is 0. The molecule has 0 radical (unpaired) electrons. The van der Waals surface area contributed by atoms with Crippen LogP contribution in [-0.2, 0) is 6.54 Å². The first-order valence-corrected chi connectivity index (χ1v) is 8.74. The van der Waals surface area contributed by atoms with Gasteiger partial charge in [-0.25, -0.2) is 0 Å². The van der Waals surface area contributed by atoms with Crippen molar-refractivity contribution in [1.82, 2.24) is 5.32 Å². The average Bonchev–Trinajstić information content (AvgIpc) is 2.61. The molecule has 23 heavy (non-hydrogen) atoms. The Balaban J connectivity index is 0.00000192. The maximum absolute atomic E-state index is 3.80. The van der Waals surface area contributed by atoms with Crippen molar-refractivity contribution in [2.24, 2.45) is 5.92 Å². The predicted octanol–water partition coefficient (Wildman–Crippen LogP) is 5.91. The van der Waals surface area contributed by atoms with Gasteiger partial charge in [0.05, 0.1) is 0 Å². The van der Waals surface area contributed by atoms with Crippen LogP contribution in [0.15, 0.2) is 60.7 Å². The van der Waals surface area contributed by atoms with E-state index in [-0.39, 0.29) is 12.4 Å². The van der Waals surface area contributed by atoms with E-state index in [0.717, 1.165) is 12.5 Å². The van der Waals surface area contributed by atoms with E-state index in [1.807, 2.05) is 0 Å². The standard InChI is InChI=1S/C21H27N.ClH/c1-4-10-18(11-5-1)16-21(20-14-8-3-9-15-20)22-17-19-12-6-2-7-13-19;/h2-3,6-9,12-15,18,21-22H,1,4-5,10-11,16-17H2;1H. The van der Waals surface area contributed by atoms with Gasteiger partial charge in [-0.2, -0.15) is 0 Å². The van der Waals surface area contributed by atoms with E-state index in [1.54, 1.807) is 0 Å². The summed E-state index contributed by atoms with van der Waals surface area (Å²) >= 11 is 0. The monoisotopic (exact) mass is 329 g/mol.